The Bertz CT molecular complexity index is 1150. The standard InChI is InChI=1S/C16H12N2O4S3/c1-2-5-18-11-9-12-13(22-7-6-21-12)10-14(11)24-16(18)17-25(19,20)15-4-3-8-23-15/h1,3-4,8-10H,5-7H2/b17-16-. The molecule has 9 heteroatoms. The van der Waals surface area contributed by atoms with Gasteiger partial charge in [0.25, 0.3) is 10.0 Å². The first-order chi connectivity index (χ1) is 12.1. The van der Waals surface area contributed by atoms with Gasteiger partial charge in [0.05, 0.1) is 16.8 Å². The summed E-state index contributed by atoms with van der Waals surface area (Å²) in [5.74, 6) is 3.81. The maximum absolute atomic E-state index is 12.5. The predicted octanol–water partition coefficient (Wildman–Crippen LogP) is 2.46. The zero-order valence-corrected chi connectivity index (χ0v) is 15.3. The fourth-order valence-corrected chi connectivity index (χ4v) is 5.69. The molecular formula is C16H12N2O4S3. The van der Waals surface area contributed by atoms with Gasteiger partial charge in [0.15, 0.2) is 11.5 Å². The van der Waals surface area contributed by atoms with Gasteiger partial charge in [-0.2, -0.15) is 8.42 Å². The number of rotatable bonds is 3. The highest BCUT2D eigenvalue weighted by atomic mass is 32.2. The number of hydrogen-bond donors (Lipinski definition) is 0. The van der Waals surface area contributed by atoms with Crippen LogP contribution in [0.1, 0.15) is 0 Å². The fraction of sp³-hybridized carbons (Fsp3) is 0.188. The van der Waals surface area contributed by atoms with Gasteiger partial charge in [-0.25, -0.2) is 0 Å². The van der Waals surface area contributed by atoms with E-state index in [2.05, 4.69) is 10.3 Å². The van der Waals surface area contributed by atoms with Gasteiger partial charge in [-0.1, -0.05) is 23.3 Å². The van der Waals surface area contributed by atoms with Crippen LogP contribution in [0, 0.1) is 12.3 Å². The van der Waals surface area contributed by atoms with Gasteiger partial charge >= 0.3 is 0 Å². The normalized spacial score (nSPS) is 14.6. The average molecular weight is 392 g/mol. The van der Waals surface area contributed by atoms with E-state index in [0.717, 1.165) is 21.6 Å². The second-order valence-corrected chi connectivity index (χ2v) is 8.92. The number of terminal acetylenes is 1. The fourth-order valence-electron chi connectivity index (χ4n) is 2.48. The molecule has 3 aromatic rings. The highest BCUT2D eigenvalue weighted by Crippen LogP contribution is 2.35. The molecule has 0 spiro atoms. The van der Waals surface area contributed by atoms with Crippen LogP contribution >= 0.6 is 22.7 Å². The molecule has 1 aliphatic heterocycles. The van der Waals surface area contributed by atoms with Crippen LogP contribution < -0.4 is 14.3 Å². The molecule has 25 heavy (non-hydrogen) atoms. The van der Waals surface area contributed by atoms with Gasteiger partial charge in [0.2, 0.25) is 4.80 Å². The molecule has 1 aliphatic rings. The third kappa shape index (κ3) is 2.93. The summed E-state index contributed by atoms with van der Waals surface area (Å²) in [6.07, 6.45) is 5.46. The summed E-state index contributed by atoms with van der Waals surface area (Å²) in [4.78, 5) is 0.323. The molecule has 0 radical (unpaired) electrons. The molecule has 0 amide bonds. The van der Waals surface area contributed by atoms with Crippen molar-refractivity contribution >= 4 is 42.9 Å². The number of ether oxygens (including phenoxy) is 2. The summed E-state index contributed by atoms with van der Waals surface area (Å²) in [6.45, 7) is 1.17. The lowest BCUT2D eigenvalue weighted by Gasteiger charge is -2.18. The van der Waals surface area contributed by atoms with Crippen molar-refractivity contribution in [3.8, 4) is 23.8 Å². The molecule has 0 aliphatic carbocycles. The van der Waals surface area contributed by atoms with E-state index < -0.39 is 10.0 Å². The first kappa shape index (κ1) is 16.2. The van der Waals surface area contributed by atoms with Gasteiger partial charge in [-0.3, -0.25) is 0 Å². The number of aromatic nitrogens is 1. The van der Waals surface area contributed by atoms with Crippen molar-refractivity contribution < 1.29 is 17.9 Å². The molecule has 0 bridgehead atoms. The Labute approximate surface area is 152 Å². The third-order valence-corrected chi connectivity index (χ3v) is 7.34. The zero-order chi connectivity index (χ0) is 17.4. The molecule has 0 N–H and O–H groups in total. The van der Waals surface area contributed by atoms with Crippen LogP contribution in [0.2, 0.25) is 0 Å². The number of hydrogen-bond acceptors (Lipinski definition) is 6. The second-order valence-electron chi connectivity index (χ2n) is 5.14. The van der Waals surface area contributed by atoms with E-state index in [1.165, 1.54) is 17.4 Å². The predicted molar refractivity (Wildman–Crippen MR) is 96.7 cm³/mol. The maximum atomic E-state index is 12.5. The summed E-state index contributed by atoms with van der Waals surface area (Å²) in [5.41, 5.74) is 0.771. The van der Waals surface area contributed by atoms with Gasteiger partial charge in [-0.05, 0) is 11.4 Å². The van der Waals surface area contributed by atoms with Gasteiger partial charge in [-0.15, -0.1) is 22.2 Å². The minimum atomic E-state index is -3.78. The van der Waals surface area contributed by atoms with Crippen molar-refractivity contribution in [2.24, 2.45) is 4.40 Å². The second kappa shape index (κ2) is 6.22. The lowest BCUT2D eigenvalue weighted by molar-refractivity contribution is 0.172. The highest BCUT2D eigenvalue weighted by Gasteiger charge is 2.18. The molecule has 6 nitrogen and oxygen atoms in total. The number of sulfonamides is 1. The number of benzene rings is 1. The van der Waals surface area contributed by atoms with Crippen molar-refractivity contribution in [3.63, 3.8) is 0 Å². The van der Waals surface area contributed by atoms with Crippen molar-refractivity contribution in [2.45, 2.75) is 10.8 Å². The number of thiazole rings is 1. The van der Waals surface area contributed by atoms with Crippen molar-refractivity contribution in [1.29, 1.82) is 0 Å². The Morgan fingerprint density at radius 1 is 1.28 bits per heavy atom. The topological polar surface area (TPSA) is 69.9 Å². The summed E-state index contributed by atoms with van der Waals surface area (Å²) in [7, 11) is -3.78. The largest absolute Gasteiger partial charge is 0.486 e. The SMILES string of the molecule is C#CCn1/c(=N/S(=O)(=O)c2cccs2)sc2cc3c(cc21)OCCO3. The molecule has 0 saturated heterocycles. The van der Waals surface area contributed by atoms with Crippen LogP contribution in [0.3, 0.4) is 0 Å². The van der Waals surface area contributed by atoms with Gasteiger partial charge < -0.3 is 14.0 Å². The minimum absolute atomic E-state index is 0.197. The summed E-state index contributed by atoms with van der Waals surface area (Å²) in [5, 5.41) is 1.70. The van der Waals surface area contributed by atoms with E-state index in [-0.39, 0.29) is 10.8 Å². The molecule has 4 rings (SSSR count). The van der Waals surface area contributed by atoms with Gasteiger partial charge in [0, 0.05) is 12.1 Å². The van der Waals surface area contributed by atoms with E-state index in [0.29, 0.717) is 29.5 Å². The first-order valence-electron chi connectivity index (χ1n) is 7.29. The number of fused-ring (bicyclic) bond motifs is 2. The molecule has 3 heterocycles. The van der Waals surface area contributed by atoms with E-state index in [9.17, 15) is 8.42 Å². The van der Waals surface area contributed by atoms with Crippen LogP contribution in [0.4, 0.5) is 0 Å². The van der Waals surface area contributed by atoms with Crippen molar-refractivity contribution in [2.75, 3.05) is 13.2 Å². The maximum Gasteiger partial charge on any atom is 0.294 e. The number of nitrogens with zero attached hydrogens (tertiary/aromatic N) is 2. The molecule has 0 atom stereocenters. The van der Waals surface area contributed by atoms with E-state index in [4.69, 9.17) is 15.9 Å². The summed E-state index contributed by atoms with van der Waals surface area (Å²) >= 11 is 2.38. The van der Waals surface area contributed by atoms with Crippen molar-refractivity contribution in [3.05, 3.63) is 34.4 Å². The van der Waals surface area contributed by atoms with Crippen LogP contribution in [0.15, 0.2) is 38.3 Å². The van der Waals surface area contributed by atoms with E-state index in [1.807, 2.05) is 12.1 Å². The number of thiophene rings is 1. The lowest BCUT2D eigenvalue weighted by atomic mass is 10.2. The Morgan fingerprint density at radius 2 is 2.04 bits per heavy atom. The summed E-state index contributed by atoms with van der Waals surface area (Å²) < 4.78 is 42.9. The smallest absolute Gasteiger partial charge is 0.294 e. The molecule has 0 saturated carbocycles. The Morgan fingerprint density at radius 3 is 2.72 bits per heavy atom. The van der Waals surface area contributed by atoms with Crippen LogP contribution in [-0.4, -0.2) is 26.2 Å². The third-order valence-electron chi connectivity index (χ3n) is 3.54. The molecule has 2 aromatic heterocycles. The summed E-state index contributed by atoms with van der Waals surface area (Å²) in [6, 6.07) is 6.85. The Kier molecular flexibility index (Phi) is 4.03. The van der Waals surface area contributed by atoms with Gasteiger partial charge in [0.1, 0.15) is 17.4 Å². The van der Waals surface area contributed by atoms with Crippen LogP contribution in [0.25, 0.3) is 10.2 Å². The van der Waals surface area contributed by atoms with Crippen molar-refractivity contribution in [1.82, 2.24) is 4.57 Å². The Hall–Kier alpha value is -2.28. The van der Waals surface area contributed by atoms with Crippen LogP contribution in [-0.2, 0) is 16.6 Å². The minimum Gasteiger partial charge on any atom is -0.486 e. The quantitative estimate of drug-likeness (QED) is 0.642. The average Bonchev–Trinajstić information content (AvgIpc) is 3.23. The first-order valence-corrected chi connectivity index (χ1v) is 10.4. The monoisotopic (exact) mass is 392 g/mol. The molecule has 0 unspecified atom stereocenters. The van der Waals surface area contributed by atoms with E-state index in [1.54, 1.807) is 16.0 Å². The zero-order valence-electron chi connectivity index (χ0n) is 12.8. The Balaban J connectivity index is 1.96. The molecule has 128 valence electrons. The molecule has 0 fully saturated rings. The molecular weight excluding hydrogens is 380 g/mol. The molecule has 1 aromatic carbocycles. The van der Waals surface area contributed by atoms with E-state index >= 15 is 0 Å². The van der Waals surface area contributed by atoms with Crippen LogP contribution in [0.5, 0.6) is 11.5 Å². The lowest BCUT2D eigenvalue weighted by Crippen LogP contribution is -2.17. The highest BCUT2D eigenvalue weighted by molar-refractivity contribution is 7.92.